The highest BCUT2D eigenvalue weighted by Gasteiger charge is 2.73. The van der Waals surface area contributed by atoms with E-state index in [1.54, 1.807) is 21.3 Å². The Kier molecular flexibility index (Phi) is 28.5. The molecule has 0 aromatic heterocycles. The van der Waals surface area contributed by atoms with E-state index in [1.807, 2.05) is 12.2 Å². The van der Waals surface area contributed by atoms with Gasteiger partial charge in [-0.25, -0.2) is 4.79 Å². The van der Waals surface area contributed by atoms with Crippen LogP contribution in [-0.2, 0) is 57.0 Å². The lowest BCUT2D eigenvalue weighted by molar-refractivity contribution is -0.131. The Morgan fingerprint density at radius 2 is 0.787 bits per heavy atom. The maximum Gasteiger partial charge on any atom is 0.328 e. The molecule has 6 aliphatic heterocycles. The average Bonchev–Trinajstić information content (AvgIpc) is 1.55. The molecule has 3 aliphatic carbocycles. The monoisotopic (exact) mass is 1250 g/mol. The minimum absolute atomic E-state index is 0. The molecular weight excluding hydrogens is 1130 g/mol. The zero-order chi connectivity index (χ0) is 65.0. The van der Waals surface area contributed by atoms with Crippen LogP contribution in [0.15, 0.2) is 69.9 Å². The fraction of sp³-hybridized carbons (Fsp3) is 0.792. The second kappa shape index (κ2) is 33.2. The molecule has 9 fully saturated rings. The lowest BCUT2D eigenvalue weighted by atomic mass is 9.67. The molecule has 17 nitrogen and oxygen atoms in total. The smallest absolute Gasteiger partial charge is 0.328 e. The molecule has 17 heteroatoms. The molecule has 0 amide bonds. The zero-order valence-corrected chi connectivity index (χ0v) is 57.7. The number of epoxide rings is 6. The highest BCUT2D eigenvalue weighted by Crippen LogP contribution is 2.63. The third-order valence-electron chi connectivity index (χ3n) is 19.9. The summed E-state index contributed by atoms with van der Waals surface area (Å²) in [6.45, 7) is 25.4. The van der Waals surface area contributed by atoms with Gasteiger partial charge in [-0.1, -0.05) is 42.4 Å². The van der Waals surface area contributed by atoms with E-state index in [0.29, 0.717) is 25.9 Å². The van der Waals surface area contributed by atoms with Crippen molar-refractivity contribution in [3.63, 3.8) is 0 Å². The first-order valence-electron chi connectivity index (χ1n) is 33.0. The number of ether oxygens (including phenoxy) is 9. The molecule has 0 aromatic rings. The van der Waals surface area contributed by atoms with Gasteiger partial charge < -0.3 is 68.2 Å². The zero-order valence-electron chi connectivity index (χ0n) is 57.7. The van der Waals surface area contributed by atoms with Gasteiger partial charge in [-0.15, -0.1) is 0 Å². The van der Waals surface area contributed by atoms with Gasteiger partial charge in [0.15, 0.2) is 11.6 Å². The predicted molar refractivity (Wildman–Crippen MR) is 354 cm³/mol. The van der Waals surface area contributed by atoms with Gasteiger partial charge in [0.05, 0.1) is 74.2 Å². The van der Waals surface area contributed by atoms with Gasteiger partial charge in [0.25, 0.3) is 0 Å². The summed E-state index contributed by atoms with van der Waals surface area (Å²) in [5.41, 5.74) is 10.9. The summed E-state index contributed by atoms with van der Waals surface area (Å²) < 4.78 is 54.0. The van der Waals surface area contributed by atoms with Gasteiger partial charge in [0.2, 0.25) is 0 Å². The summed E-state index contributed by atoms with van der Waals surface area (Å²) >= 11 is 0. The number of carboxylic acids is 1. The van der Waals surface area contributed by atoms with Crippen LogP contribution in [0.1, 0.15) is 172 Å². The minimum Gasteiger partial charge on any atom is -0.478 e. The van der Waals surface area contributed by atoms with Crippen molar-refractivity contribution in [2.24, 2.45) is 23.5 Å². The number of nitrogens with two attached hydrogens (primary N) is 1. The number of hydrogen-bond acceptors (Lipinski definition) is 16. The lowest BCUT2D eigenvalue weighted by Crippen LogP contribution is -2.50. The maximum absolute atomic E-state index is 12.6. The van der Waals surface area contributed by atoms with Crippen LogP contribution in [0.25, 0.3) is 0 Å². The Morgan fingerprint density at radius 3 is 1.01 bits per heavy atom. The maximum atomic E-state index is 12.6. The van der Waals surface area contributed by atoms with Gasteiger partial charge in [0, 0.05) is 40.2 Å². The van der Waals surface area contributed by atoms with Gasteiger partial charge in [0.1, 0.15) is 33.6 Å². The number of carbonyl (C=O) groups excluding carboxylic acids is 2. The molecule has 89 heavy (non-hydrogen) atoms. The van der Waals surface area contributed by atoms with Crippen LogP contribution < -0.4 is 5.73 Å². The molecule has 3 N–H and O–H groups in total. The van der Waals surface area contributed by atoms with E-state index in [2.05, 4.69) is 138 Å². The van der Waals surface area contributed by atoms with Gasteiger partial charge >= 0.3 is 5.97 Å². The third kappa shape index (κ3) is 20.6. The van der Waals surface area contributed by atoms with E-state index in [9.17, 15) is 14.4 Å². The van der Waals surface area contributed by atoms with Crippen molar-refractivity contribution < 1.29 is 62.1 Å². The molecule has 0 bridgehead atoms. The van der Waals surface area contributed by atoms with Gasteiger partial charge in [-0.2, -0.15) is 0 Å². The molecule has 0 aromatic carbocycles. The Bertz CT molecular complexity index is 2400. The van der Waals surface area contributed by atoms with Crippen LogP contribution >= 0.6 is 0 Å². The molecule has 15 atom stereocenters. The van der Waals surface area contributed by atoms with E-state index < -0.39 is 5.97 Å². The second-order valence-electron chi connectivity index (χ2n) is 28.8. The first-order valence-corrected chi connectivity index (χ1v) is 33.0. The Morgan fingerprint density at radius 1 is 0.506 bits per heavy atom. The molecule has 0 unspecified atom stereocenters. The molecule has 9 rings (SSSR count). The van der Waals surface area contributed by atoms with E-state index in [0.717, 1.165) is 140 Å². The summed E-state index contributed by atoms with van der Waals surface area (Å²) in [5, 5.41) is 9.12. The van der Waals surface area contributed by atoms with E-state index in [-0.39, 0.29) is 107 Å². The number of ketones is 2. The summed E-state index contributed by atoms with van der Waals surface area (Å²) in [6, 6.07) is 0. The Labute approximate surface area is 537 Å². The number of carbonyl (C=O) groups is 3. The average molecular weight is 1250 g/mol. The van der Waals surface area contributed by atoms with Crippen molar-refractivity contribution in [2.45, 2.75) is 243 Å². The third-order valence-corrected chi connectivity index (χ3v) is 19.9. The molecule has 6 saturated heterocycles. The lowest BCUT2D eigenvalue weighted by Gasteiger charge is -2.40. The fourth-order valence-electron chi connectivity index (χ4n) is 14.6. The topological polar surface area (TPSA) is 210 Å². The van der Waals surface area contributed by atoms with Crippen LogP contribution in [-0.4, -0.2) is 217 Å². The Hall–Kier alpha value is -3.27. The normalized spacial score (nSPS) is 36.3. The van der Waals surface area contributed by atoms with Crippen molar-refractivity contribution in [3.8, 4) is 0 Å². The van der Waals surface area contributed by atoms with Gasteiger partial charge in [-0.3, -0.25) is 9.59 Å². The van der Waals surface area contributed by atoms with Crippen molar-refractivity contribution >= 4 is 17.5 Å². The van der Waals surface area contributed by atoms with E-state index >= 15 is 0 Å². The SMILES string of the molecule is C.CN(C)CCCN.CO[C@@H]1C(=CC(=O)CCCCN(C)C)CC[C@]2(CO2)[C@H]1[C@@]1(C)O[C@@H]1CC=C(C)C.CO[C@@H]1C(=CC(=O)CCCCN(C)C)CC[C@]2(CO2)[C@H]1[C@@]1(C)O[C@@H]1CC=C(C)C.CO[C@@H]1C(=CC(=O)O)CC[C@]2(CO2)[C@H]1[C@@]1(C)O[C@@H]1CC=C(C)C. The summed E-state index contributed by atoms with van der Waals surface area (Å²) in [6.07, 6.45) is 25.9. The van der Waals surface area contributed by atoms with E-state index in [1.165, 1.54) is 22.8 Å². The van der Waals surface area contributed by atoms with Crippen LogP contribution in [0, 0.1) is 17.8 Å². The van der Waals surface area contributed by atoms with Crippen molar-refractivity contribution in [3.05, 3.63) is 69.9 Å². The van der Waals surface area contributed by atoms with Crippen molar-refractivity contribution in [1.82, 2.24) is 14.7 Å². The quantitative estimate of drug-likeness (QED) is 0.0323. The molecule has 9 aliphatic rings. The van der Waals surface area contributed by atoms with Crippen molar-refractivity contribution in [2.75, 3.05) is 110 Å². The van der Waals surface area contributed by atoms with Crippen LogP contribution in [0.5, 0.6) is 0 Å². The number of hydrogen-bond donors (Lipinski definition) is 2. The fourth-order valence-corrected chi connectivity index (χ4v) is 14.6. The molecular formula is C72H122N4O13. The van der Waals surface area contributed by atoms with Gasteiger partial charge in [-0.05, 0) is 250 Å². The number of methoxy groups -OCH3 is 3. The molecule has 3 saturated carbocycles. The van der Waals surface area contributed by atoms with Crippen LogP contribution in [0.4, 0.5) is 0 Å². The highest BCUT2D eigenvalue weighted by molar-refractivity contribution is 5.91. The second-order valence-corrected chi connectivity index (χ2v) is 28.8. The highest BCUT2D eigenvalue weighted by atomic mass is 16.6. The van der Waals surface area contributed by atoms with E-state index in [4.69, 9.17) is 53.5 Å². The summed E-state index contributed by atoms with van der Waals surface area (Å²) in [7, 11) is 17.5. The number of rotatable bonds is 28. The van der Waals surface area contributed by atoms with Crippen molar-refractivity contribution in [1.29, 1.82) is 0 Å². The summed E-state index contributed by atoms with van der Waals surface area (Å²) in [5.74, 6) is -0.175. The number of allylic oxidation sites excluding steroid dienone is 5. The predicted octanol–water partition coefficient (Wildman–Crippen LogP) is 11.1. The molecule has 3 spiro atoms. The first-order chi connectivity index (χ1) is 41.5. The number of unbranched alkanes of at least 4 members (excludes halogenated alkanes) is 2. The minimum atomic E-state index is -0.920. The number of carboxylic acid groups (broad SMARTS) is 1. The summed E-state index contributed by atoms with van der Waals surface area (Å²) in [4.78, 5) is 42.8. The standard InChI is InChI=1S/2C24H39NO4.C18H26O5.C5H14N2.CH4/c2*1-17(2)10-11-20-23(3,29-20)22-21(27-6)18(12-13-24(22)16-28-24)15-19(26)9-7-8-14-25(4)5;1-11(2)5-6-13-17(3,23-13)16-15(21-4)12(9-14(19)20)7-8-18(16)10-22-18;1-7(2)5-3-4-6;/h2*10,15,20-22H,7-9,11-14,16H2,1-6H3;5,9,13,15-16H,6-8,10H2,1-4H3,(H,19,20);3-6H2,1-2H3;1H4/t2*20-,21-,22-,23+,24+;13-,15-,16-,17+,18+;;/m111../s1. The first kappa shape index (κ1) is 76.4. The van der Waals surface area contributed by atoms with Crippen LogP contribution in [0.2, 0.25) is 0 Å². The van der Waals surface area contributed by atoms with Crippen LogP contribution in [0.3, 0.4) is 0 Å². The molecule has 6 heterocycles. The molecule has 508 valence electrons. The molecule has 0 radical (unpaired) electrons. The number of aliphatic carboxylic acids is 1. The number of nitrogens with zero attached hydrogens (tertiary/aromatic N) is 3. The Balaban J connectivity index is 0.000000230. The largest absolute Gasteiger partial charge is 0.478 e.